The molecule has 0 spiro atoms. The maximum Gasteiger partial charge on any atom is 0.0503 e. The largest absolute Gasteiger partial charge is 0.350 e. The van der Waals surface area contributed by atoms with E-state index in [4.69, 9.17) is 17.3 Å². The Labute approximate surface area is 118 Å². The molecule has 0 saturated carbocycles. The van der Waals surface area contributed by atoms with Gasteiger partial charge in [-0.3, -0.25) is 4.90 Å². The van der Waals surface area contributed by atoms with Crippen LogP contribution in [0.3, 0.4) is 0 Å². The van der Waals surface area contributed by atoms with Crippen molar-refractivity contribution in [1.82, 2.24) is 9.47 Å². The quantitative estimate of drug-likeness (QED) is 0.916. The Bertz CT molecular complexity index is 605. The number of fused-ring (bicyclic) bond motifs is 1. The van der Waals surface area contributed by atoms with Crippen LogP contribution in [-0.2, 0) is 7.05 Å². The van der Waals surface area contributed by atoms with Gasteiger partial charge in [0, 0.05) is 36.7 Å². The van der Waals surface area contributed by atoms with E-state index in [1.807, 2.05) is 0 Å². The molecule has 2 unspecified atom stereocenters. The summed E-state index contributed by atoms with van der Waals surface area (Å²) in [4.78, 5) is 2.39. The number of aromatic nitrogens is 1. The minimum Gasteiger partial charge on any atom is -0.350 e. The third-order valence-corrected chi connectivity index (χ3v) is 4.64. The minimum atomic E-state index is 0.436. The lowest BCUT2D eigenvalue weighted by Gasteiger charge is -2.20. The average Bonchev–Trinajstić information content (AvgIpc) is 2.94. The van der Waals surface area contributed by atoms with Gasteiger partial charge in [-0.15, -0.1) is 0 Å². The minimum absolute atomic E-state index is 0.436. The van der Waals surface area contributed by atoms with Gasteiger partial charge in [-0.05, 0) is 49.7 Å². The highest BCUT2D eigenvalue weighted by atomic mass is 35.5. The van der Waals surface area contributed by atoms with Gasteiger partial charge in [-0.1, -0.05) is 11.6 Å². The van der Waals surface area contributed by atoms with E-state index in [9.17, 15) is 0 Å². The first kappa shape index (κ1) is 13.0. The fourth-order valence-corrected chi connectivity index (χ4v) is 3.49. The van der Waals surface area contributed by atoms with Crippen LogP contribution in [0.25, 0.3) is 10.9 Å². The molecule has 3 nitrogen and oxygen atoms in total. The second-order valence-corrected chi connectivity index (χ2v) is 6.06. The van der Waals surface area contributed by atoms with Gasteiger partial charge in [0.15, 0.2) is 0 Å². The molecule has 1 aromatic heterocycles. The van der Waals surface area contributed by atoms with Gasteiger partial charge in [0.1, 0.15) is 0 Å². The van der Waals surface area contributed by atoms with E-state index in [2.05, 4.69) is 48.0 Å². The van der Waals surface area contributed by atoms with Crippen LogP contribution >= 0.6 is 11.6 Å². The van der Waals surface area contributed by atoms with Crippen molar-refractivity contribution in [1.29, 1.82) is 0 Å². The number of hydrogen-bond donors (Lipinski definition) is 1. The lowest BCUT2D eigenvalue weighted by atomic mass is 9.99. The third kappa shape index (κ3) is 2.16. The van der Waals surface area contributed by atoms with E-state index in [1.54, 1.807) is 0 Å². The summed E-state index contributed by atoms with van der Waals surface area (Å²) in [5, 5.41) is 1.97. The molecular formula is C15H20ClN3. The molecular weight excluding hydrogens is 258 g/mol. The number of nitrogens with two attached hydrogens (primary N) is 1. The molecule has 0 aliphatic carbocycles. The summed E-state index contributed by atoms with van der Waals surface area (Å²) < 4.78 is 2.13. The van der Waals surface area contributed by atoms with Crippen molar-refractivity contribution in [2.24, 2.45) is 18.7 Å². The van der Waals surface area contributed by atoms with Crippen molar-refractivity contribution < 1.29 is 0 Å². The van der Waals surface area contributed by atoms with Gasteiger partial charge < -0.3 is 10.3 Å². The van der Waals surface area contributed by atoms with Gasteiger partial charge in [0.2, 0.25) is 0 Å². The normalized spacial score (nSPS) is 24.4. The number of benzene rings is 1. The fourth-order valence-electron chi connectivity index (χ4n) is 3.21. The van der Waals surface area contributed by atoms with Gasteiger partial charge in [-0.2, -0.15) is 0 Å². The Hall–Kier alpha value is -1.03. The number of rotatable bonds is 2. The predicted octanol–water partition coefficient (Wildman–Crippen LogP) is 2.78. The summed E-state index contributed by atoms with van der Waals surface area (Å²) in [5.41, 5.74) is 8.31. The highest BCUT2D eigenvalue weighted by molar-refractivity contribution is 6.35. The van der Waals surface area contributed by atoms with Crippen LogP contribution in [0.4, 0.5) is 0 Å². The van der Waals surface area contributed by atoms with E-state index in [0.717, 1.165) is 29.9 Å². The molecule has 0 radical (unpaired) electrons. The zero-order valence-corrected chi connectivity index (χ0v) is 12.2. The molecule has 1 fully saturated rings. The van der Waals surface area contributed by atoms with E-state index < -0.39 is 0 Å². The Balaban J connectivity index is 2.03. The molecule has 1 aliphatic rings. The second kappa shape index (κ2) is 4.82. The van der Waals surface area contributed by atoms with Crippen LogP contribution in [0, 0.1) is 5.92 Å². The summed E-state index contributed by atoms with van der Waals surface area (Å²) in [7, 11) is 4.23. The maximum atomic E-state index is 6.42. The highest BCUT2D eigenvalue weighted by Crippen LogP contribution is 2.37. The zero-order chi connectivity index (χ0) is 13.6. The van der Waals surface area contributed by atoms with Crippen molar-refractivity contribution in [3.63, 3.8) is 0 Å². The topological polar surface area (TPSA) is 34.2 Å². The van der Waals surface area contributed by atoms with Gasteiger partial charge in [0.25, 0.3) is 0 Å². The molecule has 1 aliphatic heterocycles. The molecule has 4 heteroatoms. The summed E-state index contributed by atoms with van der Waals surface area (Å²) in [6.07, 6.45) is 3.18. The molecule has 2 atom stereocenters. The molecule has 1 aromatic carbocycles. The molecule has 0 bridgehead atoms. The number of nitrogens with zero attached hydrogens (tertiary/aromatic N) is 2. The molecule has 2 N–H and O–H groups in total. The number of hydrogen-bond acceptors (Lipinski definition) is 2. The van der Waals surface area contributed by atoms with Gasteiger partial charge >= 0.3 is 0 Å². The predicted molar refractivity (Wildman–Crippen MR) is 80.5 cm³/mol. The SMILES string of the molecule is CN1CC(CN)CC1c1cc(Cl)c2ccn(C)c2c1. The van der Waals surface area contributed by atoms with Crippen molar-refractivity contribution >= 4 is 22.5 Å². The van der Waals surface area contributed by atoms with Crippen LogP contribution < -0.4 is 5.73 Å². The lowest BCUT2D eigenvalue weighted by Crippen LogP contribution is -2.20. The first-order chi connectivity index (χ1) is 9.10. The summed E-state index contributed by atoms with van der Waals surface area (Å²) in [6, 6.07) is 6.89. The van der Waals surface area contributed by atoms with Crippen LogP contribution in [0.5, 0.6) is 0 Å². The van der Waals surface area contributed by atoms with Gasteiger partial charge in [0.05, 0.1) is 5.02 Å². The molecule has 0 amide bonds. The summed E-state index contributed by atoms with van der Waals surface area (Å²) in [5.74, 6) is 0.595. The van der Waals surface area contributed by atoms with Crippen molar-refractivity contribution in [2.45, 2.75) is 12.5 Å². The average molecular weight is 278 g/mol. The van der Waals surface area contributed by atoms with Crippen LogP contribution in [0.15, 0.2) is 24.4 Å². The van der Waals surface area contributed by atoms with E-state index in [-0.39, 0.29) is 0 Å². The smallest absolute Gasteiger partial charge is 0.0503 e. The van der Waals surface area contributed by atoms with Crippen LogP contribution in [0.2, 0.25) is 5.02 Å². The first-order valence-electron chi connectivity index (χ1n) is 6.75. The molecule has 19 heavy (non-hydrogen) atoms. The number of aryl methyl sites for hydroxylation is 1. The van der Waals surface area contributed by atoms with Crippen LogP contribution in [-0.4, -0.2) is 29.6 Å². The first-order valence-corrected chi connectivity index (χ1v) is 7.12. The second-order valence-electron chi connectivity index (χ2n) is 5.65. The summed E-state index contributed by atoms with van der Waals surface area (Å²) in [6.45, 7) is 1.84. The molecule has 2 heterocycles. The van der Waals surface area contributed by atoms with Gasteiger partial charge in [-0.25, -0.2) is 0 Å². The summed E-state index contributed by atoms with van der Waals surface area (Å²) >= 11 is 6.42. The number of likely N-dealkylation sites (tertiary alicyclic amines) is 1. The van der Waals surface area contributed by atoms with Crippen molar-refractivity contribution in [3.05, 3.63) is 35.0 Å². The van der Waals surface area contributed by atoms with Crippen molar-refractivity contribution in [3.8, 4) is 0 Å². The molecule has 1 saturated heterocycles. The fraction of sp³-hybridized carbons (Fsp3) is 0.467. The van der Waals surface area contributed by atoms with E-state index in [0.29, 0.717) is 12.0 Å². The van der Waals surface area contributed by atoms with E-state index in [1.165, 1.54) is 11.1 Å². The Kier molecular flexibility index (Phi) is 3.29. The Morgan fingerprint density at radius 1 is 1.37 bits per heavy atom. The molecule has 2 aromatic rings. The zero-order valence-electron chi connectivity index (χ0n) is 11.4. The van der Waals surface area contributed by atoms with Crippen LogP contribution in [0.1, 0.15) is 18.0 Å². The monoisotopic (exact) mass is 277 g/mol. The standard InChI is InChI=1S/C15H20ClN3/c1-18-4-3-12-13(16)6-11(7-15(12)18)14-5-10(8-17)9-19(14)2/h3-4,6-7,10,14H,5,8-9,17H2,1-2H3. The number of halogens is 1. The van der Waals surface area contributed by atoms with Crippen molar-refractivity contribution in [2.75, 3.05) is 20.1 Å². The lowest BCUT2D eigenvalue weighted by molar-refractivity contribution is 0.314. The third-order valence-electron chi connectivity index (χ3n) is 4.33. The molecule has 102 valence electrons. The maximum absolute atomic E-state index is 6.42. The Morgan fingerprint density at radius 3 is 2.84 bits per heavy atom. The molecule has 3 rings (SSSR count). The highest BCUT2D eigenvalue weighted by Gasteiger charge is 2.30. The Morgan fingerprint density at radius 2 is 2.16 bits per heavy atom. The van der Waals surface area contributed by atoms with E-state index >= 15 is 0 Å².